The van der Waals surface area contributed by atoms with E-state index in [4.69, 9.17) is 0 Å². The molecule has 0 aliphatic heterocycles. The molecule has 100 valence electrons. The molecule has 0 atom stereocenters. The Morgan fingerprint density at radius 1 is 0.500 bits per heavy atom. The summed E-state index contributed by atoms with van der Waals surface area (Å²) in [6.45, 7) is 13.0. The Morgan fingerprint density at radius 2 is 0.667 bits per heavy atom. The Labute approximate surface area is 113 Å². The summed E-state index contributed by atoms with van der Waals surface area (Å²) in [7, 11) is 0. The number of benzene rings is 2. The van der Waals surface area contributed by atoms with E-state index in [0.29, 0.717) is 0 Å². The Kier molecular flexibility index (Phi) is 9.00. The second-order valence-corrected chi connectivity index (χ2v) is 5.81. The van der Waals surface area contributed by atoms with E-state index in [-0.39, 0.29) is 0 Å². The number of rotatable bonds is 0. The Hall–Kier alpha value is -1.30. The molecule has 2 rings (SSSR count). The lowest BCUT2D eigenvalue weighted by Gasteiger charge is -1.92. The van der Waals surface area contributed by atoms with Gasteiger partial charge in [-0.15, -0.1) is 0 Å². The molecule has 0 nitrogen and oxygen atoms in total. The van der Waals surface area contributed by atoms with Gasteiger partial charge in [-0.05, 0) is 22.6 Å². The van der Waals surface area contributed by atoms with E-state index in [2.05, 4.69) is 90.1 Å². The summed E-state index contributed by atoms with van der Waals surface area (Å²) in [6, 6.07) is 16.7. The topological polar surface area (TPSA) is 0 Å². The highest BCUT2D eigenvalue weighted by Crippen LogP contribution is 2.11. The lowest BCUT2D eigenvalue weighted by molar-refractivity contribution is 0.736. The zero-order chi connectivity index (χ0) is 14.0. The van der Waals surface area contributed by atoms with Crippen molar-refractivity contribution < 1.29 is 0 Å². The summed E-state index contributed by atoms with van der Waals surface area (Å²) in [4.78, 5) is 0. The molecule has 0 N–H and O–H groups in total. The average Bonchev–Trinajstić information content (AvgIpc) is 2.28. The first-order chi connectivity index (χ1) is 8.43. The molecule has 0 fully saturated rings. The second-order valence-electron chi connectivity index (χ2n) is 5.81. The molecule has 2 aromatic rings. The fraction of sp³-hybridized carbons (Fsp3) is 0.444. The van der Waals surface area contributed by atoms with Crippen LogP contribution < -0.4 is 0 Å². The van der Waals surface area contributed by atoms with Gasteiger partial charge in [0, 0.05) is 0 Å². The molecular weight excluding hydrogens is 216 g/mol. The van der Waals surface area contributed by atoms with Gasteiger partial charge in [0.1, 0.15) is 0 Å². The van der Waals surface area contributed by atoms with Crippen molar-refractivity contribution in [2.24, 2.45) is 11.8 Å². The molecule has 0 aliphatic rings. The zero-order valence-electron chi connectivity index (χ0n) is 12.8. The van der Waals surface area contributed by atoms with Crippen molar-refractivity contribution in [1.82, 2.24) is 0 Å². The van der Waals surface area contributed by atoms with Gasteiger partial charge in [-0.1, -0.05) is 90.1 Å². The lowest BCUT2D eigenvalue weighted by Crippen LogP contribution is -1.67. The highest BCUT2D eigenvalue weighted by atomic mass is 13.9. The van der Waals surface area contributed by atoms with Crippen molar-refractivity contribution in [1.29, 1.82) is 0 Å². The quantitative estimate of drug-likeness (QED) is 0.520. The minimum atomic E-state index is 0.833. The molecule has 0 unspecified atom stereocenters. The maximum absolute atomic E-state index is 2.17. The highest BCUT2D eigenvalue weighted by molar-refractivity contribution is 5.81. The van der Waals surface area contributed by atoms with E-state index in [1.165, 1.54) is 10.8 Å². The van der Waals surface area contributed by atoms with Crippen molar-refractivity contribution in [3.8, 4) is 0 Å². The summed E-state index contributed by atoms with van der Waals surface area (Å²) in [5.41, 5.74) is 0. The van der Waals surface area contributed by atoms with Crippen LogP contribution in [-0.2, 0) is 0 Å². The number of fused-ring (bicyclic) bond motifs is 1. The Bertz CT molecular complexity index is 336. The predicted molar refractivity (Wildman–Crippen MR) is 85.0 cm³/mol. The van der Waals surface area contributed by atoms with E-state index in [9.17, 15) is 0 Å². The van der Waals surface area contributed by atoms with Crippen LogP contribution >= 0.6 is 0 Å². The molecule has 0 amide bonds. The van der Waals surface area contributed by atoms with Crippen LogP contribution in [0.3, 0.4) is 0 Å². The number of hydrogen-bond donors (Lipinski definition) is 0. The minimum absolute atomic E-state index is 0.833. The van der Waals surface area contributed by atoms with Gasteiger partial charge in [0.15, 0.2) is 0 Å². The van der Waals surface area contributed by atoms with Crippen LogP contribution in [0.15, 0.2) is 48.5 Å². The Morgan fingerprint density at radius 3 is 0.833 bits per heavy atom. The van der Waals surface area contributed by atoms with Crippen molar-refractivity contribution in [3.05, 3.63) is 48.5 Å². The summed E-state index contributed by atoms with van der Waals surface area (Å²) in [5, 5.41) is 2.62. The van der Waals surface area contributed by atoms with Crippen molar-refractivity contribution in [3.63, 3.8) is 0 Å². The SMILES string of the molecule is CC(C)C.CC(C)C.c1ccc2ccccc2c1. The molecule has 0 aliphatic carbocycles. The molecule has 0 heteroatoms. The predicted octanol–water partition coefficient (Wildman–Crippen LogP) is 6.16. The summed E-state index contributed by atoms with van der Waals surface area (Å²) < 4.78 is 0. The van der Waals surface area contributed by atoms with Gasteiger partial charge in [0.05, 0.1) is 0 Å². The van der Waals surface area contributed by atoms with Gasteiger partial charge in [0.2, 0.25) is 0 Å². The van der Waals surface area contributed by atoms with Crippen molar-refractivity contribution in [2.75, 3.05) is 0 Å². The lowest BCUT2D eigenvalue weighted by atomic mass is 10.1. The van der Waals surface area contributed by atoms with Crippen molar-refractivity contribution >= 4 is 10.8 Å². The van der Waals surface area contributed by atoms with Gasteiger partial charge in [-0.25, -0.2) is 0 Å². The average molecular weight is 244 g/mol. The standard InChI is InChI=1S/C10H8.2C4H10/c1-2-6-10-8-4-3-7-9(10)5-1;2*1-4(2)3/h1-8H;2*4H,1-3H3. The molecular formula is C18H28. The third kappa shape index (κ3) is 9.89. The van der Waals surface area contributed by atoms with Crippen LogP contribution in [0, 0.1) is 11.8 Å². The van der Waals surface area contributed by atoms with Gasteiger partial charge in [-0.2, -0.15) is 0 Å². The third-order valence-electron chi connectivity index (χ3n) is 1.66. The first kappa shape index (κ1) is 16.7. The van der Waals surface area contributed by atoms with E-state index in [0.717, 1.165) is 11.8 Å². The maximum atomic E-state index is 2.17. The third-order valence-corrected chi connectivity index (χ3v) is 1.66. The molecule has 0 aromatic heterocycles. The smallest absolute Gasteiger partial charge is 0.0184 e. The van der Waals surface area contributed by atoms with Crippen LogP contribution in [0.1, 0.15) is 41.5 Å². The molecule has 0 bridgehead atoms. The molecule has 0 saturated carbocycles. The maximum Gasteiger partial charge on any atom is -0.0184 e. The van der Waals surface area contributed by atoms with Crippen LogP contribution in [0.2, 0.25) is 0 Å². The van der Waals surface area contributed by atoms with Crippen LogP contribution in [0.4, 0.5) is 0 Å². The van der Waals surface area contributed by atoms with E-state index >= 15 is 0 Å². The zero-order valence-corrected chi connectivity index (χ0v) is 12.8. The summed E-state index contributed by atoms with van der Waals surface area (Å²) in [5.74, 6) is 1.67. The molecule has 0 spiro atoms. The molecule has 0 heterocycles. The second kappa shape index (κ2) is 9.70. The molecule has 0 radical (unpaired) electrons. The van der Waals surface area contributed by atoms with Crippen LogP contribution in [0.5, 0.6) is 0 Å². The summed E-state index contributed by atoms with van der Waals surface area (Å²) in [6.07, 6.45) is 0. The van der Waals surface area contributed by atoms with E-state index in [1.807, 2.05) is 0 Å². The van der Waals surface area contributed by atoms with Gasteiger partial charge in [0.25, 0.3) is 0 Å². The molecule has 18 heavy (non-hydrogen) atoms. The van der Waals surface area contributed by atoms with Crippen LogP contribution in [-0.4, -0.2) is 0 Å². The molecule has 2 aromatic carbocycles. The van der Waals surface area contributed by atoms with Gasteiger partial charge >= 0.3 is 0 Å². The fourth-order valence-electron chi connectivity index (χ4n) is 1.13. The highest BCUT2D eigenvalue weighted by Gasteiger charge is 1.85. The largest absolute Gasteiger partial charge is 0.0630 e. The van der Waals surface area contributed by atoms with E-state index < -0.39 is 0 Å². The minimum Gasteiger partial charge on any atom is -0.0630 e. The Balaban J connectivity index is 0.000000307. The number of hydrogen-bond acceptors (Lipinski definition) is 0. The van der Waals surface area contributed by atoms with Gasteiger partial charge in [-0.3, -0.25) is 0 Å². The normalized spacial score (nSPS) is 9.56. The first-order valence-corrected chi connectivity index (χ1v) is 6.87. The van der Waals surface area contributed by atoms with E-state index in [1.54, 1.807) is 0 Å². The first-order valence-electron chi connectivity index (χ1n) is 6.87. The summed E-state index contributed by atoms with van der Waals surface area (Å²) >= 11 is 0. The van der Waals surface area contributed by atoms with Gasteiger partial charge < -0.3 is 0 Å². The van der Waals surface area contributed by atoms with Crippen molar-refractivity contribution in [2.45, 2.75) is 41.5 Å². The van der Waals surface area contributed by atoms with Crippen LogP contribution in [0.25, 0.3) is 10.8 Å². The molecule has 0 saturated heterocycles. The monoisotopic (exact) mass is 244 g/mol. The fourth-order valence-corrected chi connectivity index (χ4v) is 1.13.